The minimum Gasteiger partial charge on any atom is -0.365 e. The van der Waals surface area contributed by atoms with Gasteiger partial charge in [0.2, 0.25) is 5.95 Å². The van der Waals surface area contributed by atoms with Crippen LogP contribution in [0.5, 0.6) is 0 Å². The van der Waals surface area contributed by atoms with E-state index in [1.807, 2.05) is 48.5 Å². The SMILES string of the molecule is CNc1nc(NCc2ccc(NC(=O)c3ccc(F)c(C)c3)cc2)c2ccccc2n1. The molecule has 0 atom stereocenters. The van der Waals surface area contributed by atoms with Crippen LogP contribution in [0.15, 0.2) is 66.7 Å². The molecule has 156 valence electrons. The summed E-state index contributed by atoms with van der Waals surface area (Å²) in [5, 5.41) is 10.1. The van der Waals surface area contributed by atoms with Gasteiger partial charge in [-0.1, -0.05) is 24.3 Å². The molecular weight excluding hydrogens is 393 g/mol. The minimum absolute atomic E-state index is 0.277. The molecule has 0 unspecified atom stereocenters. The Morgan fingerprint density at radius 3 is 2.52 bits per heavy atom. The third-order valence-corrected chi connectivity index (χ3v) is 4.92. The Balaban J connectivity index is 1.44. The molecule has 3 N–H and O–H groups in total. The number of para-hydroxylation sites is 1. The summed E-state index contributed by atoms with van der Waals surface area (Å²) in [5.41, 5.74) is 3.41. The Morgan fingerprint density at radius 2 is 1.77 bits per heavy atom. The third-order valence-electron chi connectivity index (χ3n) is 4.92. The van der Waals surface area contributed by atoms with Crippen molar-refractivity contribution in [1.29, 1.82) is 0 Å². The van der Waals surface area contributed by atoms with Crippen LogP contribution in [0.25, 0.3) is 10.9 Å². The number of rotatable bonds is 6. The van der Waals surface area contributed by atoms with Crippen LogP contribution in [0.3, 0.4) is 0 Å². The molecule has 1 heterocycles. The van der Waals surface area contributed by atoms with E-state index in [1.165, 1.54) is 18.2 Å². The molecule has 4 aromatic rings. The Kier molecular flexibility index (Phi) is 5.75. The van der Waals surface area contributed by atoms with E-state index in [-0.39, 0.29) is 11.7 Å². The highest BCUT2D eigenvalue weighted by atomic mass is 19.1. The zero-order valence-electron chi connectivity index (χ0n) is 17.2. The van der Waals surface area contributed by atoms with E-state index in [4.69, 9.17) is 0 Å². The molecule has 0 saturated heterocycles. The Morgan fingerprint density at radius 1 is 1.00 bits per heavy atom. The first-order valence-electron chi connectivity index (χ1n) is 9.88. The van der Waals surface area contributed by atoms with E-state index in [9.17, 15) is 9.18 Å². The van der Waals surface area contributed by atoms with E-state index in [1.54, 1.807) is 14.0 Å². The van der Waals surface area contributed by atoms with Crippen molar-refractivity contribution in [1.82, 2.24) is 9.97 Å². The van der Waals surface area contributed by atoms with Crippen LogP contribution < -0.4 is 16.0 Å². The highest BCUT2D eigenvalue weighted by Crippen LogP contribution is 2.22. The minimum atomic E-state index is -0.327. The highest BCUT2D eigenvalue weighted by Gasteiger charge is 2.09. The van der Waals surface area contributed by atoms with Crippen molar-refractivity contribution in [3.63, 3.8) is 0 Å². The van der Waals surface area contributed by atoms with Crippen LogP contribution in [0.4, 0.5) is 21.8 Å². The predicted octanol–water partition coefficient (Wildman–Crippen LogP) is 4.98. The maximum absolute atomic E-state index is 13.4. The molecule has 1 aromatic heterocycles. The highest BCUT2D eigenvalue weighted by molar-refractivity contribution is 6.04. The van der Waals surface area contributed by atoms with E-state index in [0.717, 1.165) is 22.3 Å². The van der Waals surface area contributed by atoms with Gasteiger partial charge in [-0.25, -0.2) is 9.37 Å². The summed E-state index contributed by atoms with van der Waals surface area (Å²) in [7, 11) is 1.79. The average Bonchev–Trinajstić information content (AvgIpc) is 2.80. The number of halogens is 1. The van der Waals surface area contributed by atoms with Gasteiger partial charge in [-0.15, -0.1) is 0 Å². The molecule has 0 spiro atoms. The molecule has 7 heteroatoms. The number of aromatic nitrogens is 2. The third kappa shape index (κ3) is 4.61. The molecule has 0 aliphatic heterocycles. The standard InChI is InChI=1S/C24H22FN5O/c1-15-13-17(9-12-20(15)25)23(31)28-18-10-7-16(8-11-18)14-27-22-19-5-3-4-6-21(19)29-24(26-2)30-22/h3-13H,14H2,1-2H3,(H,28,31)(H2,26,27,29,30). The Labute approximate surface area is 179 Å². The van der Waals surface area contributed by atoms with Gasteiger partial charge in [0.25, 0.3) is 5.91 Å². The summed E-state index contributed by atoms with van der Waals surface area (Å²) in [4.78, 5) is 21.4. The quantitative estimate of drug-likeness (QED) is 0.414. The van der Waals surface area contributed by atoms with Gasteiger partial charge < -0.3 is 16.0 Å². The van der Waals surface area contributed by atoms with E-state index >= 15 is 0 Å². The number of carbonyl (C=O) groups excluding carboxylic acids is 1. The second-order valence-corrected chi connectivity index (χ2v) is 7.13. The molecule has 0 fully saturated rings. The second-order valence-electron chi connectivity index (χ2n) is 7.13. The summed E-state index contributed by atoms with van der Waals surface area (Å²) in [5.74, 6) is 0.696. The lowest BCUT2D eigenvalue weighted by Crippen LogP contribution is -2.12. The largest absolute Gasteiger partial charge is 0.365 e. The second kappa shape index (κ2) is 8.79. The van der Waals surface area contributed by atoms with Crippen LogP contribution in [-0.4, -0.2) is 22.9 Å². The van der Waals surface area contributed by atoms with Gasteiger partial charge in [0, 0.05) is 30.2 Å². The van der Waals surface area contributed by atoms with Crippen LogP contribution in [0.2, 0.25) is 0 Å². The fourth-order valence-electron chi connectivity index (χ4n) is 3.20. The van der Waals surface area contributed by atoms with Gasteiger partial charge >= 0.3 is 0 Å². The monoisotopic (exact) mass is 415 g/mol. The van der Waals surface area contributed by atoms with Crippen molar-refractivity contribution in [3.05, 3.63) is 89.2 Å². The van der Waals surface area contributed by atoms with Crippen molar-refractivity contribution in [2.75, 3.05) is 23.0 Å². The topological polar surface area (TPSA) is 78.9 Å². The first-order valence-corrected chi connectivity index (χ1v) is 9.88. The predicted molar refractivity (Wildman–Crippen MR) is 122 cm³/mol. The normalized spacial score (nSPS) is 10.7. The van der Waals surface area contributed by atoms with Gasteiger partial charge in [-0.3, -0.25) is 4.79 Å². The summed E-state index contributed by atoms with van der Waals surface area (Å²) >= 11 is 0. The van der Waals surface area contributed by atoms with Crippen molar-refractivity contribution in [2.24, 2.45) is 0 Å². The lowest BCUT2D eigenvalue weighted by atomic mass is 10.1. The first kappa shape index (κ1) is 20.3. The smallest absolute Gasteiger partial charge is 0.255 e. The van der Waals surface area contributed by atoms with Crippen LogP contribution >= 0.6 is 0 Å². The fourth-order valence-corrected chi connectivity index (χ4v) is 3.20. The number of fused-ring (bicyclic) bond motifs is 1. The number of amides is 1. The Bertz CT molecular complexity index is 1240. The van der Waals surface area contributed by atoms with E-state index in [0.29, 0.717) is 29.3 Å². The van der Waals surface area contributed by atoms with Gasteiger partial charge in [-0.2, -0.15) is 4.98 Å². The Hall–Kier alpha value is -4.00. The number of nitrogens with one attached hydrogen (secondary N) is 3. The summed E-state index contributed by atoms with van der Waals surface area (Å²) in [6.45, 7) is 2.20. The number of hydrogen-bond donors (Lipinski definition) is 3. The molecule has 31 heavy (non-hydrogen) atoms. The number of anilines is 3. The summed E-state index contributed by atoms with van der Waals surface area (Å²) < 4.78 is 13.4. The lowest BCUT2D eigenvalue weighted by molar-refractivity contribution is 0.102. The van der Waals surface area contributed by atoms with Crippen molar-refractivity contribution >= 4 is 34.3 Å². The zero-order chi connectivity index (χ0) is 21.8. The molecule has 3 aromatic carbocycles. The number of hydrogen-bond acceptors (Lipinski definition) is 5. The maximum Gasteiger partial charge on any atom is 0.255 e. The molecule has 6 nitrogen and oxygen atoms in total. The number of benzene rings is 3. The van der Waals surface area contributed by atoms with E-state index < -0.39 is 0 Å². The van der Waals surface area contributed by atoms with Crippen LogP contribution in [0.1, 0.15) is 21.5 Å². The molecule has 0 saturated carbocycles. The first-order chi connectivity index (χ1) is 15.0. The van der Waals surface area contributed by atoms with Gasteiger partial charge in [-0.05, 0) is 60.5 Å². The van der Waals surface area contributed by atoms with Gasteiger partial charge in [0.15, 0.2) is 0 Å². The number of nitrogens with zero attached hydrogens (tertiary/aromatic N) is 2. The molecule has 0 aliphatic carbocycles. The summed E-state index contributed by atoms with van der Waals surface area (Å²) in [6, 6.07) is 19.7. The fraction of sp³-hybridized carbons (Fsp3) is 0.125. The molecule has 0 bridgehead atoms. The number of aryl methyl sites for hydroxylation is 1. The number of carbonyl (C=O) groups is 1. The maximum atomic E-state index is 13.4. The van der Waals surface area contributed by atoms with Crippen LogP contribution in [0, 0.1) is 12.7 Å². The molecule has 1 amide bonds. The van der Waals surface area contributed by atoms with E-state index in [2.05, 4.69) is 25.9 Å². The molecule has 0 radical (unpaired) electrons. The van der Waals surface area contributed by atoms with Crippen molar-refractivity contribution in [3.8, 4) is 0 Å². The molecular formula is C24H22FN5O. The van der Waals surface area contributed by atoms with Gasteiger partial charge in [0.05, 0.1) is 5.52 Å². The molecule has 0 aliphatic rings. The summed E-state index contributed by atoms with van der Waals surface area (Å²) in [6.07, 6.45) is 0. The molecule has 4 rings (SSSR count). The van der Waals surface area contributed by atoms with Crippen molar-refractivity contribution in [2.45, 2.75) is 13.5 Å². The average molecular weight is 415 g/mol. The lowest BCUT2D eigenvalue weighted by Gasteiger charge is -2.11. The van der Waals surface area contributed by atoms with Gasteiger partial charge in [0.1, 0.15) is 11.6 Å². The van der Waals surface area contributed by atoms with Crippen LogP contribution in [-0.2, 0) is 6.54 Å². The van der Waals surface area contributed by atoms with Crippen molar-refractivity contribution < 1.29 is 9.18 Å². The zero-order valence-corrected chi connectivity index (χ0v) is 17.2.